The molecule has 2 unspecified atom stereocenters. The van der Waals surface area contributed by atoms with E-state index in [1.807, 2.05) is 0 Å². The monoisotopic (exact) mass is 238 g/mol. The summed E-state index contributed by atoms with van der Waals surface area (Å²) in [5.41, 5.74) is 6.45. The van der Waals surface area contributed by atoms with Gasteiger partial charge in [0, 0.05) is 12.6 Å². The third-order valence-corrected chi connectivity index (χ3v) is 4.86. The number of hydrogen-bond donors (Lipinski definition) is 1. The maximum absolute atomic E-state index is 5.97. The minimum atomic E-state index is 0.480. The Bertz CT molecular complexity index is 240. The van der Waals surface area contributed by atoms with E-state index in [1.54, 1.807) is 0 Å². The second-order valence-electron chi connectivity index (χ2n) is 7.17. The van der Waals surface area contributed by atoms with Crippen LogP contribution in [0, 0.1) is 17.3 Å². The van der Waals surface area contributed by atoms with Crippen LogP contribution in [0.25, 0.3) is 0 Å². The lowest BCUT2D eigenvalue weighted by Crippen LogP contribution is -2.42. The van der Waals surface area contributed by atoms with Crippen LogP contribution in [0.5, 0.6) is 0 Å². The Morgan fingerprint density at radius 3 is 2.35 bits per heavy atom. The standard InChI is InChI=1S/C15H30N2/c1-15(2,3)13-5-4-9-17(10-8-13)14(11-16)12-6-7-12/h12-14H,4-11,16H2,1-3H3. The van der Waals surface area contributed by atoms with Crippen LogP contribution >= 0.6 is 0 Å². The van der Waals surface area contributed by atoms with Gasteiger partial charge in [0.1, 0.15) is 0 Å². The van der Waals surface area contributed by atoms with Crippen molar-refractivity contribution < 1.29 is 0 Å². The van der Waals surface area contributed by atoms with E-state index >= 15 is 0 Å². The molecule has 0 amide bonds. The van der Waals surface area contributed by atoms with Gasteiger partial charge < -0.3 is 5.73 Å². The SMILES string of the molecule is CC(C)(C)C1CCCN(C(CN)C2CC2)CC1. The van der Waals surface area contributed by atoms with Crippen molar-refractivity contribution in [3.05, 3.63) is 0 Å². The second kappa shape index (κ2) is 5.27. The first-order chi connectivity index (χ1) is 8.02. The Kier molecular flexibility index (Phi) is 4.14. The third kappa shape index (κ3) is 3.45. The van der Waals surface area contributed by atoms with Crippen LogP contribution in [0.3, 0.4) is 0 Å². The highest BCUT2D eigenvalue weighted by Gasteiger charge is 2.36. The topological polar surface area (TPSA) is 29.3 Å². The Labute approximate surface area is 107 Å². The fourth-order valence-corrected chi connectivity index (χ4v) is 3.44. The van der Waals surface area contributed by atoms with E-state index < -0.39 is 0 Å². The minimum Gasteiger partial charge on any atom is -0.329 e. The summed E-state index contributed by atoms with van der Waals surface area (Å²) < 4.78 is 0. The van der Waals surface area contributed by atoms with Crippen molar-refractivity contribution in [3.8, 4) is 0 Å². The number of nitrogens with two attached hydrogens (primary N) is 1. The molecule has 2 heteroatoms. The first-order valence-electron chi connectivity index (χ1n) is 7.46. The molecule has 2 rings (SSSR count). The first-order valence-corrected chi connectivity index (χ1v) is 7.46. The van der Waals surface area contributed by atoms with Crippen molar-refractivity contribution >= 4 is 0 Å². The highest BCUT2D eigenvalue weighted by Crippen LogP contribution is 2.38. The van der Waals surface area contributed by atoms with Gasteiger partial charge >= 0.3 is 0 Å². The van der Waals surface area contributed by atoms with Gasteiger partial charge in [-0.15, -0.1) is 0 Å². The van der Waals surface area contributed by atoms with Gasteiger partial charge in [-0.25, -0.2) is 0 Å². The molecule has 2 aliphatic rings. The average Bonchev–Trinajstić information content (AvgIpc) is 3.03. The molecule has 0 radical (unpaired) electrons. The largest absolute Gasteiger partial charge is 0.329 e. The quantitative estimate of drug-likeness (QED) is 0.819. The normalized spacial score (nSPS) is 30.0. The summed E-state index contributed by atoms with van der Waals surface area (Å²) in [5, 5.41) is 0. The maximum Gasteiger partial charge on any atom is 0.0246 e. The molecule has 1 saturated heterocycles. The number of rotatable bonds is 3. The molecule has 0 bridgehead atoms. The molecule has 0 aromatic carbocycles. The predicted molar refractivity (Wildman–Crippen MR) is 73.9 cm³/mol. The molecule has 2 atom stereocenters. The molecule has 2 N–H and O–H groups in total. The summed E-state index contributed by atoms with van der Waals surface area (Å²) in [4.78, 5) is 2.70. The Hall–Kier alpha value is -0.0800. The molecule has 100 valence electrons. The van der Waals surface area contributed by atoms with Crippen molar-refractivity contribution in [2.75, 3.05) is 19.6 Å². The van der Waals surface area contributed by atoms with Crippen molar-refractivity contribution in [2.45, 2.75) is 58.9 Å². The lowest BCUT2D eigenvalue weighted by Gasteiger charge is -2.32. The van der Waals surface area contributed by atoms with Gasteiger partial charge in [0.05, 0.1) is 0 Å². The lowest BCUT2D eigenvalue weighted by atomic mass is 9.77. The Morgan fingerprint density at radius 1 is 1.12 bits per heavy atom. The highest BCUT2D eigenvalue weighted by atomic mass is 15.2. The molecule has 1 aliphatic heterocycles. The van der Waals surface area contributed by atoms with Gasteiger partial charge in [-0.1, -0.05) is 20.8 Å². The zero-order valence-electron chi connectivity index (χ0n) is 11.9. The van der Waals surface area contributed by atoms with Crippen LogP contribution < -0.4 is 5.73 Å². The predicted octanol–water partition coefficient (Wildman–Crippen LogP) is 2.87. The van der Waals surface area contributed by atoms with Crippen LogP contribution in [0.2, 0.25) is 0 Å². The highest BCUT2D eigenvalue weighted by molar-refractivity contribution is 4.90. The van der Waals surface area contributed by atoms with Crippen LogP contribution in [0.15, 0.2) is 0 Å². The molecule has 2 nitrogen and oxygen atoms in total. The fraction of sp³-hybridized carbons (Fsp3) is 1.00. The number of nitrogens with zero attached hydrogens (tertiary/aromatic N) is 1. The van der Waals surface area contributed by atoms with Crippen LogP contribution in [0.4, 0.5) is 0 Å². The second-order valence-corrected chi connectivity index (χ2v) is 7.17. The van der Waals surface area contributed by atoms with Crippen molar-refractivity contribution in [1.82, 2.24) is 4.90 Å². The van der Waals surface area contributed by atoms with Gasteiger partial charge in [0.15, 0.2) is 0 Å². The van der Waals surface area contributed by atoms with E-state index in [1.165, 1.54) is 45.2 Å². The van der Waals surface area contributed by atoms with Crippen molar-refractivity contribution in [2.24, 2.45) is 23.0 Å². The Morgan fingerprint density at radius 2 is 1.82 bits per heavy atom. The van der Waals surface area contributed by atoms with Gasteiger partial charge in [-0.05, 0) is 62.4 Å². The molecular weight excluding hydrogens is 208 g/mol. The molecule has 1 saturated carbocycles. The zero-order chi connectivity index (χ0) is 12.5. The zero-order valence-corrected chi connectivity index (χ0v) is 11.9. The molecular formula is C15H30N2. The molecule has 2 fully saturated rings. The van der Waals surface area contributed by atoms with Crippen molar-refractivity contribution in [3.63, 3.8) is 0 Å². The van der Waals surface area contributed by atoms with E-state index in [2.05, 4.69) is 25.7 Å². The molecule has 0 spiro atoms. The van der Waals surface area contributed by atoms with E-state index in [4.69, 9.17) is 5.73 Å². The summed E-state index contributed by atoms with van der Waals surface area (Å²) in [7, 11) is 0. The average molecular weight is 238 g/mol. The van der Waals surface area contributed by atoms with Crippen molar-refractivity contribution in [1.29, 1.82) is 0 Å². The van der Waals surface area contributed by atoms with Crippen LogP contribution in [0.1, 0.15) is 52.9 Å². The van der Waals surface area contributed by atoms with Gasteiger partial charge in [-0.2, -0.15) is 0 Å². The molecule has 0 aromatic rings. The molecule has 1 heterocycles. The smallest absolute Gasteiger partial charge is 0.0246 e. The first kappa shape index (κ1) is 13.4. The molecule has 0 aromatic heterocycles. The van der Waals surface area contributed by atoms with Gasteiger partial charge in [-0.3, -0.25) is 4.90 Å². The maximum atomic E-state index is 5.97. The Balaban J connectivity index is 1.90. The lowest BCUT2D eigenvalue weighted by molar-refractivity contribution is 0.171. The number of likely N-dealkylation sites (tertiary alicyclic amines) is 1. The van der Waals surface area contributed by atoms with E-state index in [0.29, 0.717) is 11.5 Å². The molecule has 17 heavy (non-hydrogen) atoms. The van der Waals surface area contributed by atoms with E-state index in [9.17, 15) is 0 Å². The van der Waals surface area contributed by atoms with Gasteiger partial charge in [0.25, 0.3) is 0 Å². The van der Waals surface area contributed by atoms with Gasteiger partial charge in [0.2, 0.25) is 0 Å². The third-order valence-electron chi connectivity index (χ3n) is 4.86. The minimum absolute atomic E-state index is 0.480. The summed E-state index contributed by atoms with van der Waals surface area (Å²) in [6, 6.07) is 0.689. The summed E-state index contributed by atoms with van der Waals surface area (Å²) in [6.45, 7) is 10.6. The van der Waals surface area contributed by atoms with E-state index in [0.717, 1.165) is 18.4 Å². The fourth-order valence-electron chi connectivity index (χ4n) is 3.44. The molecule has 1 aliphatic carbocycles. The van der Waals surface area contributed by atoms with Crippen LogP contribution in [-0.4, -0.2) is 30.6 Å². The van der Waals surface area contributed by atoms with E-state index in [-0.39, 0.29) is 0 Å². The van der Waals surface area contributed by atoms with Crippen LogP contribution in [-0.2, 0) is 0 Å². The summed E-state index contributed by atoms with van der Waals surface area (Å²) in [6.07, 6.45) is 6.97. The summed E-state index contributed by atoms with van der Waals surface area (Å²) in [5.74, 6) is 1.82. The summed E-state index contributed by atoms with van der Waals surface area (Å²) >= 11 is 0. The number of hydrogen-bond acceptors (Lipinski definition) is 2.